The SMILES string of the molecule is N#Cc1ccccc1COC(=O)C1=NN([C@H]2CCS(=O)(=O)C2)C(=O)CC1. The highest BCUT2D eigenvalue weighted by Crippen LogP contribution is 2.22. The molecular formula is C17H17N3O5S. The molecule has 1 amide bonds. The molecule has 2 heterocycles. The first-order valence-electron chi connectivity index (χ1n) is 8.15. The zero-order chi connectivity index (χ0) is 18.7. The predicted molar refractivity (Wildman–Crippen MR) is 91.5 cm³/mol. The van der Waals surface area contributed by atoms with Gasteiger partial charge in [-0.25, -0.2) is 18.2 Å². The summed E-state index contributed by atoms with van der Waals surface area (Å²) in [6, 6.07) is 8.26. The van der Waals surface area contributed by atoms with Crippen molar-refractivity contribution in [2.24, 2.45) is 5.10 Å². The van der Waals surface area contributed by atoms with Gasteiger partial charge >= 0.3 is 5.97 Å². The molecule has 2 aliphatic rings. The Morgan fingerprint density at radius 3 is 2.81 bits per heavy atom. The molecule has 0 radical (unpaired) electrons. The van der Waals surface area contributed by atoms with Gasteiger partial charge < -0.3 is 4.74 Å². The molecule has 136 valence electrons. The summed E-state index contributed by atoms with van der Waals surface area (Å²) in [5.74, 6) is -1.09. The van der Waals surface area contributed by atoms with Crippen LogP contribution in [0.15, 0.2) is 29.4 Å². The Bertz CT molecular complexity index is 917. The number of hydrazone groups is 1. The van der Waals surface area contributed by atoms with Crippen molar-refractivity contribution >= 4 is 27.4 Å². The van der Waals surface area contributed by atoms with Crippen LogP contribution in [0.5, 0.6) is 0 Å². The molecule has 0 saturated carbocycles. The zero-order valence-corrected chi connectivity index (χ0v) is 14.7. The Morgan fingerprint density at radius 2 is 2.12 bits per heavy atom. The van der Waals surface area contributed by atoms with E-state index in [9.17, 15) is 18.0 Å². The van der Waals surface area contributed by atoms with E-state index >= 15 is 0 Å². The first-order chi connectivity index (χ1) is 12.4. The van der Waals surface area contributed by atoms with Gasteiger partial charge in [-0.1, -0.05) is 18.2 Å². The largest absolute Gasteiger partial charge is 0.456 e. The Kier molecular flexibility index (Phi) is 5.04. The lowest BCUT2D eigenvalue weighted by Gasteiger charge is -2.27. The van der Waals surface area contributed by atoms with Gasteiger partial charge in [-0.3, -0.25) is 4.79 Å². The highest BCUT2D eigenvalue weighted by atomic mass is 32.2. The average molecular weight is 375 g/mol. The molecule has 1 aromatic rings. The molecule has 26 heavy (non-hydrogen) atoms. The van der Waals surface area contributed by atoms with Crippen LogP contribution in [-0.2, 0) is 30.8 Å². The van der Waals surface area contributed by atoms with Crippen molar-refractivity contribution in [1.29, 1.82) is 5.26 Å². The van der Waals surface area contributed by atoms with Crippen molar-refractivity contribution < 1.29 is 22.7 Å². The lowest BCUT2D eigenvalue weighted by molar-refractivity contribution is -0.138. The van der Waals surface area contributed by atoms with E-state index in [1.807, 2.05) is 6.07 Å². The maximum Gasteiger partial charge on any atom is 0.354 e. The minimum atomic E-state index is -3.17. The Labute approximate surface area is 151 Å². The van der Waals surface area contributed by atoms with Gasteiger partial charge in [0.1, 0.15) is 12.3 Å². The van der Waals surface area contributed by atoms with E-state index in [1.165, 1.54) is 0 Å². The summed E-state index contributed by atoms with van der Waals surface area (Å²) < 4.78 is 28.5. The molecule has 0 aliphatic carbocycles. The summed E-state index contributed by atoms with van der Waals surface area (Å²) in [5.41, 5.74) is 1.08. The second-order valence-corrected chi connectivity index (χ2v) is 8.42. The highest BCUT2D eigenvalue weighted by Gasteiger charge is 2.37. The Hall–Kier alpha value is -2.73. The van der Waals surface area contributed by atoms with Crippen molar-refractivity contribution in [3.63, 3.8) is 0 Å². The predicted octanol–water partition coefficient (Wildman–Crippen LogP) is 0.767. The topological polar surface area (TPSA) is 117 Å². The smallest absolute Gasteiger partial charge is 0.354 e. The lowest BCUT2D eigenvalue weighted by Crippen LogP contribution is -2.42. The van der Waals surface area contributed by atoms with E-state index in [0.29, 0.717) is 17.5 Å². The van der Waals surface area contributed by atoms with Gasteiger partial charge in [0.25, 0.3) is 0 Å². The van der Waals surface area contributed by atoms with Crippen LogP contribution in [0.2, 0.25) is 0 Å². The number of rotatable bonds is 4. The van der Waals surface area contributed by atoms with Crippen LogP contribution in [0.4, 0.5) is 0 Å². The number of ether oxygens (including phenoxy) is 1. The van der Waals surface area contributed by atoms with Gasteiger partial charge in [0.05, 0.1) is 29.2 Å². The number of nitrogens with zero attached hydrogens (tertiary/aromatic N) is 3. The van der Waals surface area contributed by atoms with Gasteiger partial charge in [0.2, 0.25) is 5.91 Å². The number of esters is 1. The van der Waals surface area contributed by atoms with Crippen molar-refractivity contribution in [3.05, 3.63) is 35.4 Å². The number of sulfone groups is 1. The van der Waals surface area contributed by atoms with E-state index in [-0.39, 0.29) is 42.6 Å². The number of hydrogen-bond donors (Lipinski definition) is 0. The van der Waals surface area contributed by atoms with E-state index in [4.69, 9.17) is 10.00 Å². The van der Waals surface area contributed by atoms with Gasteiger partial charge in [-0.2, -0.15) is 10.4 Å². The maximum absolute atomic E-state index is 12.3. The number of benzene rings is 1. The summed E-state index contributed by atoms with van der Waals surface area (Å²) in [5, 5.41) is 14.2. The molecule has 1 aromatic carbocycles. The number of amides is 1. The third-order valence-electron chi connectivity index (χ3n) is 4.35. The first-order valence-corrected chi connectivity index (χ1v) is 9.97. The van der Waals surface area contributed by atoms with E-state index in [2.05, 4.69) is 5.10 Å². The summed E-state index contributed by atoms with van der Waals surface area (Å²) in [6.45, 7) is -0.0761. The summed E-state index contributed by atoms with van der Waals surface area (Å²) >= 11 is 0. The van der Waals surface area contributed by atoms with Gasteiger partial charge in [-0.05, 0) is 12.5 Å². The Balaban J connectivity index is 1.70. The molecule has 9 heteroatoms. The molecule has 0 unspecified atom stereocenters. The van der Waals surface area contributed by atoms with Crippen LogP contribution in [0.1, 0.15) is 30.4 Å². The molecule has 2 aliphatic heterocycles. The van der Waals surface area contributed by atoms with Crippen molar-refractivity contribution in [1.82, 2.24) is 5.01 Å². The molecule has 1 atom stereocenters. The summed E-state index contributed by atoms with van der Waals surface area (Å²) in [4.78, 5) is 24.3. The van der Waals surface area contributed by atoms with E-state index in [0.717, 1.165) is 5.01 Å². The molecular weight excluding hydrogens is 358 g/mol. The third-order valence-corrected chi connectivity index (χ3v) is 6.10. The van der Waals surface area contributed by atoms with Gasteiger partial charge in [-0.15, -0.1) is 0 Å². The molecule has 0 bridgehead atoms. The van der Waals surface area contributed by atoms with Crippen LogP contribution in [0, 0.1) is 11.3 Å². The fourth-order valence-corrected chi connectivity index (χ4v) is 4.65. The van der Waals surface area contributed by atoms with Crippen LogP contribution in [-0.4, -0.2) is 48.6 Å². The standard InChI is InChI=1S/C17H17N3O5S/c18-9-12-3-1-2-4-13(12)10-25-17(22)15-5-6-16(21)20(19-15)14-7-8-26(23,24)11-14/h1-4,14H,5-8,10-11H2/t14-/m0/s1. The maximum atomic E-state index is 12.3. The third kappa shape index (κ3) is 3.91. The number of nitriles is 1. The number of hydrogen-bond acceptors (Lipinski definition) is 7. The summed E-state index contributed by atoms with van der Waals surface area (Å²) in [7, 11) is -3.17. The average Bonchev–Trinajstić information content (AvgIpc) is 3.00. The first kappa shape index (κ1) is 18.1. The molecule has 0 aromatic heterocycles. The van der Waals surface area contributed by atoms with Crippen LogP contribution >= 0.6 is 0 Å². The van der Waals surface area contributed by atoms with Crippen LogP contribution < -0.4 is 0 Å². The second kappa shape index (κ2) is 7.25. The molecule has 0 N–H and O–H groups in total. The monoisotopic (exact) mass is 375 g/mol. The zero-order valence-electron chi connectivity index (χ0n) is 13.9. The molecule has 3 rings (SSSR count). The van der Waals surface area contributed by atoms with E-state index in [1.54, 1.807) is 24.3 Å². The van der Waals surface area contributed by atoms with Crippen LogP contribution in [0.25, 0.3) is 0 Å². The normalized spacial score (nSPS) is 21.8. The quantitative estimate of drug-likeness (QED) is 0.718. The minimum Gasteiger partial charge on any atom is -0.456 e. The van der Waals surface area contributed by atoms with E-state index < -0.39 is 21.8 Å². The lowest BCUT2D eigenvalue weighted by atomic mass is 10.1. The summed E-state index contributed by atoms with van der Waals surface area (Å²) in [6.07, 6.45) is 0.544. The molecule has 8 nitrogen and oxygen atoms in total. The number of carbonyl (C=O) groups is 2. The van der Waals surface area contributed by atoms with Gasteiger partial charge in [0.15, 0.2) is 9.84 Å². The molecule has 1 fully saturated rings. The highest BCUT2D eigenvalue weighted by molar-refractivity contribution is 7.91. The second-order valence-electron chi connectivity index (χ2n) is 6.19. The van der Waals surface area contributed by atoms with Crippen molar-refractivity contribution in [2.45, 2.75) is 31.9 Å². The van der Waals surface area contributed by atoms with Crippen LogP contribution in [0.3, 0.4) is 0 Å². The fourth-order valence-electron chi connectivity index (χ4n) is 2.95. The minimum absolute atomic E-state index is 0.0156. The number of carbonyl (C=O) groups excluding carboxylic acids is 2. The van der Waals surface area contributed by atoms with Gasteiger partial charge in [0, 0.05) is 18.4 Å². The fraction of sp³-hybridized carbons (Fsp3) is 0.412. The van der Waals surface area contributed by atoms with Crippen molar-refractivity contribution in [2.75, 3.05) is 11.5 Å². The molecule has 0 spiro atoms. The Morgan fingerprint density at radius 1 is 1.35 bits per heavy atom. The molecule has 1 saturated heterocycles. The van der Waals surface area contributed by atoms with Crippen molar-refractivity contribution in [3.8, 4) is 6.07 Å².